The molecule has 0 bridgehead atoms. The van der Waals surface area contributed by atoms with Crippen LogP contribution in [0.3, 0.4) is 0 Å². The minimum atomic E-state index is -0.592. The second-order valence-corrected chi connectivity index (χ2v) is 4.43. The van der Waals surface area contributed by atoms with Gasteiger partial charge >= 0.3 is 0 Å². The maximum absolute atomic E-state index is 11.3. The molecule has 6 heteroatoms. The Labute approximate surface area is 115 Å². The van der Waals surface area contributed by atoms with E-state index in [9.17, 15) is 4.79 Å². The molecule has 3 aromatic rings. The molecule has 0 aliphatic carbocycles. The van der Waals surface area contributed by atoms with Gasteiger partial charge in [-0.05, 0) is 12.0 Å². The number of amides is 1. The topological polar surface area (TPSA) is 86.7 Å². The van der Waals surface area contributed by atoms with Crippen molar-refractivity contribution < 1.29 is 4.79 Å². The van der Waals surface area contributed by atoms with Gasteiger partial charge in [-0.2, -0.15) is 0 Å². The predicted octanol–water partition coefficient (Wildman–Crippen LogP) is 1.17. The Morgan fingerprint density at radius 3 is 2.70 bits per heavy atom. The number of imidazole rings is 1. The SMILES string of the molecule is NC(=O)c1ncnc2c1ncn2CCc1ccccc1. The van der Waals surface area contributed by atoms with Crippen molar-refractivity contribution in [3.63, 3.8) is 0 Å². The lowest BCUT2D eigenvalue weighted by Gasteiger charge is -2.04. The fraction of sp³-hybridized carbons (Fsp3) is 0.143. The molecule has 2 aromatic heterocycles. The summed E-state index contributed by atoms with van der Waals surface area (Å²) in [5.74, 6) is -0.592. The summed E-state index contributed by atoms with van der Waals surface area (Å²) < 4.78 is 1.90. The number of primary amides is 1. The molecule has 0 unspecified atom stereocenters. The maximum atomic E-state index is 11.3. The molecule has 0 spiro atoms. The number of nitrogens with two attached hydrogens (primary N) is 1. The summed E-state index contributed by atoms with van der Waals surface area (Å²) >= 11 is 0. The molecule has 0 aliphatic rings. The molecule has 6 nitrogen and oxygen atoms in total. The van der Waals surface area contributed by atoms with Gasteiger partial charge in [0.2, 0.25) is 0 Å². The molecule has 0 atom stereocenters. The number of hydrogen-bond donors (Lipinski definition) is 1. The van der Waals surface area contributed by atoms with Crippen molar-refractivity contribution in [3.05, 3.63) is 54.2 Å². The molecule has 0 saturated carbocycles. The van der Waals surface area contributed by atoms with E-state index in [1.165, 1.54) is 11.9 Å². The largest absolute Gasteiger partial charge is 0.364 e. The van der Waals surface area contributed by atoms with Crippen LogP contribution >= 0.6 is 0 Å². The van der Waals surface area contributed by atoms with Crippen molar-refractivity contribution >= 4 is 17.1 Å². The number of nitrogens with zero attached hydrogens (tertiary/aromatic N) is 4. The Kier molecular flexibility index (Phi) is 3.12. The second-order valence-electron chi connectivity index (χ2n) is 4.43. The Morgan fingerprint density at radius 1 is 1.15 bits per heavy atom. The van der Waals surface area contributed by atoms with Crippen molar-refractivity contribution in [2.24, 2.45) is 5.73 Å². The van der Waals surface area contributed by atoms with E-state index in [0.717, 1.165) is 13.0 Å². The lowest BCUT2D eigenvalue weighted by Crippen LogP contribution is -2.14. The minimum absolute atomic E-state index is 0.161. The van der Waals surface area contributed by atoms with Gasteiger partial charge in [-0.15, -0.1) is 0 Å². The monoisotopic (exact) mass is 267 g/mol. The lowest BCUT2D eigenvalue weighted by atomic mass is 10.1. The van der Waals surface area contributed by atoms with E-state index >= 15 is 0 Å². The molecule has 3 rings (SSSR count). The fourth-order valence-electron chi connectivity index (χ4n) is 2.12. The van der Waals surface area contributed by atoms with Gasteiger partial charge in [-0.1, -0.05) is 30.3 Å². The summed E-state index contributed by atoms with van der Waals surface area (Å²) in [7, 11) is 0. The Bertz CT molecular complexity index is 751. The maximum Gasteiger partial charge on any atom is 0.269 e. The first-order valence-corrected chi connectivity index (χ1v) is 6.25. The highest BCUT2D eigenvalue weighted by Gasteiger charge is 2.13. The number of hydrogen-bond acceptors (Lipinski definition) is 4. The van der Waals surface area contributed by atoms with Crippen LogP contribution in [0.4, 0.5) is 0 Å². The normalized spacial score (nSPS) is 10.8. The summed E-state index contributed by atoms with van der Waals surface area (Å²) in [6.45, 7) is 0.732. The van der Waals surface area contributed by atoms with Crippen molar-refractivity contribution in [3.8, 4) is 0 Å². The van der Waals surface area contributed by atoms with E-state index in [-0.39, 0.29) is 5.69 Å². The molecule has 0 fully saturated rings. The van der Waals surface area contributed by atoms with Crippen molar-refractivity contribution in [2.45, 2.75) is 13.0 Å². The molecule has 2 heterocycles. The van der Waals surface area contributed by atoms with Crippen LogP contribution < -0.4 is 5.73 Å². The highest BCUT2D eigenvalue weighted by atomic mass is 16.1. The molecule has 0 aliphatic heterocycles. The fourth-order valence-corrected chi connectivity index (χ4v) is 2.12. The molecule has 2 N–H and O–H groups in total. The number of carbonyl (C=O) groups is 1. The molecule has 0 radical (unpaired) electrons. The highest BCUT2D eigenvalue weighted by Crippen LogP contribution is 2.13. The first kappa shape index (κ1) is 12.3. The molecule has 1 amide bonds. The van der Waals surface area contributed by atoms with Gasteiger partial charge in [0, 0.05) is 6.54 Å². The van der Waals surface area contributed by atoms with Gasteiger partial charge < -0.3 is 10.3 Å². The predicted molar refractivity (Wildman–Crippen MR) is 74.0 cm³/mol. The molecular weight excluding hydrogens is 254 g/mol. The zero-order valence-electron chi connectivity index (χ0n) is 10.7. The average molecular weight is 267 g/mol. The third kappa shape index (κ3) is 2.23. The van der Waals surface area contributed by atoms with Crippen LogP contribution in [-0.2, 0) is 13.0 Å². The first-order chi connectivity index (χ1) is 9.75. The minimum Gasteiger partial charge on any atom is -0.364 e. The number of rotatable bonds is 4. The van der Waals surface area contributed by atoms with Gasteiger partial charge in [0.15, 0.2) is 11.3 Å². The molecule has 0 saturated heterocycles. The first-order valence-electron chi connectivity index (χ1n) is 6.25. The van der Waals surface area contributed by atoms with Crippen LogP contribution in [0.2, 0.25) is 0 Å². The molecule has 1 aromatic carbocycles. The van der Waals surface area contributed by atoms with Gasteiger partial charge in [0.1, 0.15) is 11.8 Å². The third-order valence-electron chi connectivity index (χ3n) is 3.12. The van der Waals surface area contributed by atoms with Gasteiger partial charge in [-0.3, -0.25) is 4.79 Å². The quantitative estimate of drug-likeness (QED) is 0.768. The summed E-state index contributed by atoms with van der Waals surface area (Å²) in [5, 5.41) is 0. The van der Waals surface area contributed by atoms with Crippen molar-refractivity contribution in [2.75, 3.05) is 0 Å². The zero-order valence-corrected chi connectivity index (χ0v) is 10.7. The summed E-state index contributed by atoms with van der Waals surface area (Å²) in [5.41, 5.74) is 7.75. The number of aromatic nitrogens is 4. The smallest absolute Gasteiger partial charge is 0.269 e. The van der Waals surface area contributed by atoms with Crippen LogP contribution in [0.25, 0.3) is 11.2 Å². The number of aryl methyl sites for hydroxylation is 2. The van der Waals surface area contributed by atoms with E-state index in [2.05, 4.69) is 27.1 Å². The zero-order chi connectivity index (χ0) is 13.9. The van der Waals surface area contributed by atoms with Gasteiger partial charge in [0.05, 0.1) is 6.33 Å². The van der Waals surface area contributed by atoms with Crippen LogP contribution in [-0.4, -0.2) is 25.4 Å². The molecule has 20 heavy (non-hydrogen) atoms. The standard InChI is InChI=1S/C14H13N5O/c15-13(20)11-12-14(17-8-16-11)19(9-18-12)7-6-10-4-2-1-3-5-10/h1-5,8-9H,6-7H2,(H2,15,20). The highest BCUT2D eigenvalue weighted by molar-refractivity contribution is 6.01. The summed E-state index contributed by atoms with van der Waals surface area (Å²) in [6, 6.07) is 10.2. The summed E-state index contributed by atoms with van der Waals surface area (Å²) in [6.07, 6.45) is 3.86. The lowest BCUT2D eigenvalue weighted by molar-refractivity contribution is 0.0997. The van der Waals surface area contributed by atoms with E-state index in [1.54, 1.807) is 6.33 Å². The van der Waals surface area contributed by atoms with E-state index in [1.807, 2.05) is 22.8 Å². The Morgan fingerprint density at radius 2 is 1.95 bits per heavy atom. The van der Waals surface area contributed by atoms with Gasteiger partial charge in [-0.25, -0.2) is 15.0 Å². The van der Waals surface area contributed by atoms with Crippen molar-refractivity contribution in [1.82, 2.24) is 19.5 Å². The van der Waals surface area contributed by atoms with Crippen LogP contribution in [0.5, 0.6) is 0 Å². The van der Waals surface area contributed by atoms with E-state index < -0.39 is 5.91 Å². The number of carbonyl (C=O) groups excluding carboxylic acids is 1. The number of benzene rings is 1. The average Bonchev–Trinajstić information content (AvgIpc) is 2.89. The second kappa shape index (κ2) is 5.08. The molecular formula is C14H13N5O. The van der Waals surface area contributed by atoms with Crippen LogP contribution in [0.15, 0.2) is 43.0 Å². The van der Waals surface area contributed by atoms with Crippen molar-refractivity contribution in [1.29, 1.82) is 0 Å². The van der Waals surface area contributed by atoms with E-state index in [0.29, 0.717) is 11.2 Å². The Hall–Kier alpha value is -2.76. The van der Waals surface area contributed by atoms with Gasteiger partial charge in [0.25, 0.3) is 5.91 Å². The summed E-state index contributed by atoms with van der Waals surface area (Å²) in [4.78, 5) is 23.5. The molecule has 100 valence electrons. The number of fused-ring (bicyclic) bond motifs is 1. The van der Waals surface area contributed by atoms with E-state index in [4.69, 9.17) is 5.73 Å². The third-order valence-corrected chi connectivity index (χ3v) is 3.12. The Balaban J connectivity index is 1.90. The van der Waals surface area contributed by atoms with Crippen LogP contribution in [0, 0.1) is 0 Å². The van der Waals surface area contributed by atoms with Crippen LogP contribution in [0.1, 0.15) is 16.1 Å².